The molecule has 0 aliphatic carbocycles. The number of rotatable bonds is 4. The second kappa shape index (κ2) is 6.72. The summed E-state index contributed by atoms with van der Waals surface area (Å²) in [6, 6.07) is 6.85. The molecule has 1 heterocycles. The molecule has 0 aromatic heterocycles. The van der Waals surface area contributed by atoms with Crippen LogP contribution in [-0.2, 0) is 9.59 Å². The Labute approximate surface area is 125 Å². The van der Waals surface area contributed by atoms with Crippen LogP contribution in [0.1, 0.15) is 30.0 Å². The Balaban J connectivity index is 1.94. The molecule has 114 valence electrons. The van der Waals surface area contributed by atoms with Crippen molar-refractivity contribution in [1.82, 2.24) is 9.80 Å². The highest BCUT2D eigenvalue weighted by atomic mass is 16.2. The molecule has 5 nitrogen and oxygen atoms in total. The van der Waals surface area contributed by atoms with Gasteiger partial charge in [0.2, 0.25) is 11.8 Å². The van der Waals surface area contributed by atoms with E-state index < -0.39 is 6.04 Å². The minimum atomic E-state index is -0.720. The standard InChI is InChI=1S/C16H23N3O2/c1-12-5-7-13(8-6-12)15(17)16(21)18(2)11-14(20)19-9-3-4-10-19/h5-8,15H,3-4,9-11,17H2,1-2H3. The average molecular weight is 289 g/mol. The molecule has 1 saturated heterocycles. The van der Waals surface area contributed by atoms with E-state index in [1.54, 1.807) is 11.9 Å². The quantitative estimate of drug-likeness (QED) is 0.902. The highest BCUT2D eigenvalue weighted by Gasteiger charge is 2.24. The lowest BCUT2D eigenvalue weighted by molar-refractivity contribution is -0.139. The molecule has 1 aromatic rings. The summed E-state index contributed by atoms with van der Waals surface area (Å²) >= 11 is 0. The monoisotopic (exact) mass is 289 g/mol. The van der Waals surface area contributed by atoms with E-state index in [9.17, 15) is 9.59 Å². The Morgan fingerprint density at radius 2 is 1.81 bits per heavy atom. The molecule has 0 radical (unpaired) electrons. The molecule has 5 heteroatoms. The van der Waals surface area contributed by atoms with Gasteiger partial charge in [0.05, 0.1) is 6.54 Å². The molecule has 1 unspecified atom stereocenters. The van der Waals surface area contributed by atoms with Crippen molar-refractivity contribution in [3.05, 3.63) is 35.4 Å². The van der Waals surface area contributed by atoms with Crippen LogP contribution >= 0.6 is 0 Å². The number of nitrogens with two attached hydrogens (primary N) is 1. The summed E-state index contributed by atoms with van der Waals surface area (Å²) in [5.41, 5.74) is 7.89. The van der Waals surface area contributed by atoms with Gasteiger partial charge in [-0.05, 0) is 25.3 Å². The summed E-state index contributed by atoms with van der Waals surface area (Å²) in [5, 5.41) is 0. The maximum atomic E-state index is 12.3. The third-order valence-electron chi connectivity index (χ3n) is 3.91. The molecule has 2 rings (SSSR count). The Bertz CT molecular complexity index is 507. The first-order chi connectivity index (χ1) is 9.99. The highest BCUT2D eigenvalue weighted by molar-refractivity contribution is 5.88. The van der Waals surface area contributed by atoms with Gasteiger partial charge in [0, 0.05) is 20.1 Å². The number of amides is 2. The number of hydrogen-bond acceptors (Lipinski definition) is 3. The fourth-order valence-electron chi connectivity index (χ4n) is 2.50. The van der Waals surface area contributed by atoms with Crippen LogP contribution in [0.2, 0.25) is 0 Å². The van der Waals surface area contributed by atoms with Gasteiger partial charge in [0.15, 0.2) is 0 Å². The van der Waals surface area contributed by atoms with Gasteiger partial charge in [-0.15, -0.1) is 0 Å². The predicted molar refractivity (Wildman–Crippen MR) is 81.6 cm³/mol. The molecule has 1 atom stereocenters. The summed E-state index contributed by atoms with van der Waals surface area (Å²) in [6.07, 6.45) is 2.10. The van der Waals surface area contributed by atoms with Gasteiger partial charge in [-0.25, -0.2) is 0 Å². The summed E-state index contributed by atoms with van der Waals surface area (Å²) in [7, 11) is 1.63. The van der Waals surface area contributed by atoms with Crippen LogP contribution in [-0.4, -0.2) is 48.3 Å². The first-order valence-corrected chi connectivity index (χ1v) is 7.34. The van der Waals surface area contributed by atoms with Gasteiger partial charge >= 0.3 is 0 Å². The van der Waals surface area contributed by atoms with Crippen LogP contribution in [0.3, 0.4) is 0 Å². The summed E-state index contributed by atoms with van der Waals surface area (Å²) in [5.74, 6) is -0.231. The van der Waals surface area contributed by atoms with E-state index in [0.29, 0.717) is 0 Å². The van der Waals surface area contributed by atoms with E-state index in [-0.39, 0.29) is 18.4 Å². The maximum Gasteiger partial charge on any atom is 0.244 e. The normalized spacial score (nSPS) is 15.9. The van der Waals surface area contributed by atoms with E-state index >= 15 is 0 Å². The molecule has 2 N–H and O–H groups in total. The van der Waals surface area contributed by atoms with Gasteiger partial charge in [0.1, 0.15) is 6.04 Å². The lowest BCUT2D eigenvalue weighted by Gasteiger charge is -2.24. The molecule has 1 aliphatic rings. The van der Waals surface area contributed by atoms with Crippen molar-refractivity contribution < 1.29 is 9.59 Å². The Morgan fingerprint density at radius 3 is 2.38 bits per heavy atom. The van der Waals surface area contributed by atoms with Crippen LogP contribution in [0.15, 0.2) is 24.3 Å². The van der Waals surface area contributed by atoms with Crippen LogP contribution in [0.25, 0.3) is 0 Å². The second-order valence-corrected chi connectivity index (χ2v) is 5.67. The molecule has 1 fully saturated rings. The van der Waals surface area contributed by atoms with E-state index in [1.165, 1.54) is 4.90 Å². The molecule has 2 amide bonds. The molecule has 1 aliphatic heterocycles. The van der Waals surface area contributed by atoms with E-state index in [2.05, 4.69) is 0 Å². The fraction of sp³-hybridized carbons (Fsp3) is 0.500. The zero-order chi connectivity index (χ0) is 15.4. The minimum absolute atomic E-state index is 0.000504. The van der Waals surface area contributed by atoms with Gasteiger partial charge < -0.3 is 15.5 Å². The molecular formula is C16H23N3O2. The van der Waals surface area contributed by atoms with Crippen molar-refractivity contribution in [3.8, 4) is 0 Å². The fourth-order valence-corrected chi connectivity index (χ4v) is 2.50. The van der Waals surface area contributed by atoms with Crippen molar-refractivity contribution in [2.45, 2.75) is 25.8 Å². The van der Waals surface area contributed by atoms with Crippen LogP contribution < -0.4 is 5.73 Å². The topological polar surface area (TPSA) is 66.6 Å². The smallest absolute Gasteiger partial charge is 0.244 e. The number of likely N-dealkylation sites (N-methyl/N-ethyl adjacent to an activating group) is 1. The van der Waals surface area contributed by atoms with Crippen LogP contribution in [0, 0.1) is 6.92 Å². The predicted octanol–water partition coefficient (Wildman–Crippen LogP) is 1.08. The molecular weight excluding hydrogens is 266 g/mol. The Kier molecular flexibility index (Phi) is 4.96. The van der Waals surface area contributed by atoms with Crippen molar-refractivity contribution in [1.29, 1.82) is 0 Å². The number of aryl methyl sites for hydroxylation is 1. The number of likely N-dealkylation sites (tertiary alicyclic amines) is 1. The summed E-state index contributed by atoms with van der Waals surface area (Å²) in [6.45, 7) is 3.67. The maximum absolute atomic E-state index is 12.3. The van der Waals surface area contributed by atoms with Crippen molar-refractivity contribution in [2.75, 3.05) is 26.7 Å². The summed E-state index contributed by atoms with van der Waals surface area (Å²) in [4.78, 5) is 27.6. The zero-order valence-corrected chi connectivity index (χ0v) is 12.7. The van der Waals surface area contributed by atoms with Crippen LogP contribution in [0.4, 0.5) is 0 Å². The lowest BCUT2D eigenvalue weighted by Crippen LogP contribution is -2.43. The SMILES string of the molecule is Cc1ccc(C(N)C(=O)N(C)CC(=O)N2CCCC2)cc1. The third-order valence-corrected chi connectivity index (χ3v) is 3.91. The van der Waals surface area contributed by atoms with Crippen molar-refractivity contribution in [2.24, 2.45) is 5.73 Å². The number of benzene rings is 1. The van der Waals surface area contributed by atoms with Gasteiger partial charge in [0.25, 0.3) is 0 Å². The molecule has 0 saturated carbocycles. The average Bonchev–Trinajstić information content (AvgIpc) is 3.00. The highest BCUT2D eigenvalue weighted by Crippen LogP contribution is 2.14. The van der Waals surface area contributed by atoms with Gasteiger partial charge in [-0.2, -0.15) is 0 Å². The van der Waals surface area contributed by atoms with E-state index in [1.807, 2.05) is 31.2 Å². The van der Waals surface area contributed by atoms with Crippen molar-refractivity contribution >= 4 is 11.8 Å². The number of carbonyl (C=O) groups is 2. The number of hydrogen-bond donors (Lipinski definition) is 1. The molecule has 21 heavy (non-hydrogen) atoms. The van der Waals surface area contributed by atoms with E-state index in [4.69, 9.17) is 5.73 Å². The summed E-state index contributed by atoms with van der Waals surface area (Å²) < 4.78 is 0. The van der Waals surface area contributed by atoms with Crippen molar-refractivity contribution in [3.63, 3.8) is 0 Å². The Hall–Kier alpha value is -1.88. The largest absolute Gasteiger partial charge is 0.341 e. The molecule has 0 bridgehead atoms. The minimum Gasteiger partial charge on any atom is -0.341 e. The molecule has 0 spiro atoms. The first kappa shape index (κ1) is 15.5. The third kappa shape index (κ3) is 3.82. The second-order valence-electron chi connectivity index (χ2n) is 5.67. The van der Waals surface area contributed by atoms with Gasteiger partial charge in [-0.3, -0.25) is 9.59 Å². The number of carbonyl (C=O) groups excluding carboxylic acids is 2. The zero-order valence-electron chi connectivity index (χ0n) is 12.7. The van der Waals surface area contributed by atoms with E-state index in [0.717, 1.165) is 37.1 Å². The van der Waals surface area contributed by atoms with Gasteiger partial charge in [-0.1, -0.05) is 29.8 Å². The molecule has 1 aromatic carbocycles. The Morgan fingerprint density at radius 1 is 1.24 bits per heavy atom. The first-order valence-electron chi connectivity index (χ1n) is 7.34. The lowest BCUT2D eigenvalue weighted by atomic mass is 10.0. The number of nitrogens with zero attached hydrogens (tertiary/aromatic N) is 2. The van der Waals surface area contributed by atoms with Crippen LogP contribution in [0.5, 0.6) is 0 Å².